The quantitative estimate of drug-likeness (QED) is 0.614. The first-order chi connectivity index (χ1) is 8.17. The number of aliphatic hydroxyl groups is 3. The summed E-state index contributed by atoms with van der Waals surface area (Å²) in [6.07, 6.45) is -1.02. The van der Waals surface area contributed by atoms with Gasteiger partial charge in [-0.2, -0.15) is 5.26 Å². The van der Waals surface area contributed by atoms with Crippen molar-refractivity contribution in [3.8, 4) is 6.07 Å². The highest BCUT2D eigenvalue weighted by Crippen LogP contribution is 2.33. The summed E-state index contributed by atoms with van der Waals surface area (Å²) in [7, 11) is 0. The Bertz CT molecular complexity index is 445. The van der Waals surface area contributed by atoms with Crippen LogP contribution in [-0.4, -0.2) is 45.2 Å². The zero-order valence-corrected chi connectivity index (χ0v) is 8.89. The van der Waals surface area contributed by atoms with Gasteiger partial charge in [0.05, 0.1) is 12.2 Å². The van der Waals surface area contributed by atoms with E-state index in [2.05, 4.69) is 4.98 Å². The van der Waals surface area contributed by atoms with Gasteiger partial charge in [-0.3, -0.25) is 4.98 Å². The first kappa shape index (κ1) is 12.0. The molecule has 1 aromatic rings. The topological polar surface area (TPSA) is 107 Å². The molecule has 90 valence electrons. The molecule has 6 heteroatoms. The van der Waals surface area contributed by atoms with Crippen molar-refractivity contribution in [2.24, 2.45) is 0 Å². The molecule has 0 saturated carbocycles. The number of nitrogens with zero attached hydrogens (tertiary/aromatic N) is 2. The van der Waals surface area contributed by atoms with Crippen LogP contribution >= 0.6 is 0 Å². The van der Waals surface area contributed by atoms with Gasteiger partial charge in [0.1, 0.15) is 30.5 Å². The second-order valence-corrected chi connectivity index (χ2v) is 3.88. The molecular weight excluding hydrogens is 224 g/mol. The SMILES string of the molecule is N#Cc1cncc([C@@H]2O[C@H](CO)[C@H](O)[C@@H]2O)c1. The monoisotopic (exact) mass is 236 g/mol. The summed E-state index contributed by atoms with van der Waals surface area (Å²) in [4.78, 5) is 3.85. The molecule has 6 nitrogen and oxygen atoms in total. The molecule has 1 aliphatic rings. The number of nitriles is 1. The molecule has 0 bridgehead atoms. The summed E-state index contributed by atoms with van der Waals surface area (Å²) in [5.74, 6) is 0. The average molecular weight is 236 g/mol. The van der Waals surface area contributed by atoms with E-state index in [0.29, 0.717) is 11.1 Å². The van der Waals surface area contributed by atoms with E-state index in [1.54, 1.807) is 0 Å². The van der Waals surface area contributed by atoms with Crippen molar-refractivity contribution >= 4 is 0 Å². The molecule has 0 radical (unpaired) electrons. The lowest BCUT2D eigenvalue weighted by atomic mass is 10.0. The van der Waals surface area contributed by atoms with Gasteiger partial charge in [-0.25, -0.2) is 0 Å². The molecule has 3 N–H and O–H groups in total. The number of aromatic nitrogens is 1. The predicted molar refractivity (Wildman–Crippen MR) is 55.7 cm³/mol. The zero-order chi connectivity index (χ0) is 12.4. The lowest BCUT2D eigenvalue weighted by Crippen LogP contribution is -2.32. The molecule has 2 rings (SSSR count). The van der Waals surface area contributed by atoms with Crippen LogP contribution in [0.2, 0.25) is 0 Å². The molecule has 0 aromatic carbocycles. The van der Waals surface area contributed by atoms with Crippen LogP contribution in [0.3, 0.4) is 0 Å². The highest BCUT2D eigenvalue weighted by Gasteiger charge is 2.43. The summed E-state index contributed by atoms with van der Waals surface area (Å²) >= 11 is 0. The van der Waals surface area contributed by atoms with Crippen molar-refractivity contribution in [3.63, 3.8) is 0 Å². The molecule has 1 saturated heterocycles. The van der Waals surface area contributed by atoms with E-state index >= 15 is 0 Å². The molecule has 0 aliphatic carbocycles. The van der Waals surface area contributed by atoms with Gasteiger partial charge in [-0.05, 0) is 6.07 Å². The van der Waals surface area contributed by atoms with E-state index < -0.39 is 24.4 Å². The van der Waals surface area contributed by atoms with E-state index in [1.807, 2.05) is 6.07 Å². The van der Waals surface area contributed by atoms with Crippen LogP contribution in [0.1, 0.15) is 17.2 Å². The summed E-state index contributed by atoms with van der Waals surface area (Å²) in [5, 5.41) is 37.1. The minimum absolute atomic E-state index is 0.347. The number of rotatable bonds is 2. The van der Waals surface area contributed by atoms with Gasteiger partial charge in [0.25, 0.3) is 0 Å². The number of pyridine rings is 1. The van der Waals surface area contributed by atoms with Crippen LogP contribution in [-0.2, 0) is 4.74 Å². The molecule has 1 aliphatic heterocycles. The minimum atomic E-state index is -1.14. The van der Waals surface area contributed by atoms with Crippen LogP contribution in [0.4, 0.5) is 0 Å². The zero-order valence-electron chi connectivity index (χ0n) is 8.89. The minimum Gasteiger partial charge on any atom is -0.394 e. The Morgan fingerprint density at radius 2 is 2.12 bits per heavy atom. The molecule has 0 spiro atoms. The normalized spacial score (nSPS) is 32.4. The van der Waals surface area contributed by atoms with E-state index in [9.17, 15) is 10.2 Å². The Kier molecular flexibility index (Phi) is 3.36. The fraction of sp³-hybridized carbons (Fsp3) is 0.455. The third-order valence-electron chi connectivity index (χ3n) is 2.76. The molecule has 0 unspecified atom stereocenters. The van der Waals surface area contributed by atoms with Crippen molar-refractivity contribution in [2.75, 3.05) is 6.61 Å². The summed E-state index contributed by atoms with van der Waals surface area (Å²) < 4.78 is 5.32. The van der Waals surface area contributed by atoms with Crippen LogP contribution in [0.25, 0.3) is 0 Å². The van der Waals surface area contributed by atoms with Gasteiger partial charge in [0.2, 0.25) is 0 Å². The molecular formula is C11H12N2O4. The van der Waals surface area contributed by atoms with Gasteiger partial charge in [-0.1, -0.05) is 0 Å². The van der Waals surface area contributed by atoms with E-state index in [1.165, 1.54) is 18.5 Å². The molecule has 4 atom stereocenters. The third-order valence-corrected chi connectivity index (χ3v) is 2.76. The van der Waals surface area contributed by atoms with Crippen LogP contribution < -0.4 is 0 Å². The van der Waals surface area contributed by atoms with Crippen molar-refractivity contribution < 1.29 is 20.1 Å². The molecule has 1 fully saturated rings. The van der Waals surface area contributed by atoms with Gasteiger partial charge in [0.15, 0.2) is 0 Å². The fourth-order valence-electron chi connectivity index (χ4n) is 1.85. The van der Waals surface area contributed by atoms with Crippen molar-refractivity contribution in [1.29, 1.82) is 5.26 Å². The van der Waals surface area contributed by atoms with Gasteiger partial charge in [0, 0.05) is 18.0 Å². The molecule has 17 heavy (non-hydrogen) atoms. The first-order valence-electron chi connectivity index (χ1n) is 5.15. The van der Waals surface area contributed by atoms with Crippen molar-refractivity contribution in [2.45, 2.75) is 24.4 Å². The van der Waals surface area contributed by atoms with Crippen molar-refractivity contribution in [1.82, 2.24) is 4.98 Å². The maximum absolute atomic E-state index is 9.78. The van der Waals surface area contributed by atoms with E-state index in [0.717, 1.165) is 0 Å². The van der Waals surface area contributed by atoms with E-state index in [4.69, 9.17) is 15.1 Å². The van der Waals surface area contributed by atoms with Crippen LogP contribution in [0.15, 0.2) is 18.5 Å². The summed E-state index contributed by atoms with van der Waals surface area (Å²) in [6.45, 7) is -0.375. The highest BCUT2D eigenvalue weighted by molar-refractivity contribution is 5.31. The largest absolute Gasteiger partial charge is 0.394 e. The Morgan fingerprint density at radius 3 is 2.71 bits per heavy atom. The van der Waals surface area contributed by atoms with Gasteiger partial charge < -0.3 is 20.1 Å². The van der Waals surface area contributed by atoms with Crippen molar-refractivity contribution in [3.05, 3.63) is 29.6 Å². The molecule has 2 heterocycles. The maximum Gasteiger partial charge on any atom is 0.113 e. The van der Waals surface area contributed by atoms with Gasteiger partial charge in [-0.15, -0.1) is 0 Å². The summed E-state index contributed by atoms with van der Waals surface area (Å²) in [6, 6.07) is 3.47. The standard InChI is InChI=1S/C11H12N2O4/c12-2-6-1-7(4-13-3-6)11-10(16)9(15)8(5-14)17-11/h1,3-4,8-11,14-16H,5H2/t8-,9+,10+,11+/m1/s1. The first-order valence-corrected chi connectivity index (χ1v) is 5.15. The third kappa shape index (κ3) is 2.14. The number of hydrogen-bond donors (Lipinski definition) is 3. The Morgan fingerprint density at radius 1 is 1.35 bits per heavy atom. The lowest BCUT2D eigenvalue weighted by molar-refractivity contribution is -0.0228. The van der Waals surface area contributed by atoms with Crippen LogP contribution in [0, 0.1) is 11.3 Å². The maximum atomic E-state index is 9.78. The highest BCUT2D eigenvalue weighted by atomic mass is 16.6. The smallest absolute Gasteiger partial charge is 0.113 e. The molecule has 1 aromatic heterocycles. The molecule has 0 amide bonds. The number of aliphatic hydroxyl groups excluding tert-OH is 3. The Balaban J connectivity index is 2.26. The second-order valence-electron chi connectivity index (χ2n) is 3.88. The number of ether oxygens (including phenoxy) is 1. The van der Waals surface area contributed by atoms with Crippen LogP contribution in [0.5, 0.6) is 0 Å². The Labute approximate surface area is 97.7 Å². The van der Waals surface area contributed by atoms with E-state index in [-0.39, 0.29) is 6.61 Å². The van der Waals surface area contributed by atoms with Gasteiger partial charge >= 0.3 is 0 Å². The Hall–Kier alpha value is -1.52. The second kappa shape index (κ2) is 4.77. The lowest BCUT2D eigenvalue weighted by Gasteiger charge is -2.14. The predicted octanol–water partition coefficient (Wildman–Crippen LogP) is -0.893. The fourth-order valence-corrected chi connectivity index (χ4v) is 1.85. The number of hydrogen-bond acceptors (Lipinski definition) is 6. The summed E-state index contributed by atoms with van der Waals surface area (Å²) in [5.41, 5.74) is 0.854. The average Bonchev–Trinajstić information content (AvgIpc) is 2.66.